The topological polar surface area (TPSA) is 85.5 Å². The van der Waals surface area contributed by atoms with Gasteiger partial charge in [-0.15, -0.1) is 0 Å². The van der Waals surface area contributed by atoms with Crippen molar-refractivity contribution in [2.75, 3.05) is 45.7 Å². The Morgan fingerprint density at radius 1 is 1.43 bits per heavy atom. The van der Waals surface area contributed by atoms with Gasteiger partial charge in [-0.2, -0.15) is 5.10 Å². The number of ether oxygens (including phenoxy) is 1. The van der Waals surface area contributed by atoms with E-state index in [-0.39, 0.29) is 10.6 Å². The third-order valence-corrected chi connectivity index (χ3v) is 2.98. The highest BCUT2D eigenvalue weighted by Crippen LogP contribution is 2.28. The third kappa shape index (κ3) is 5.31. The predicted molar refractivity (Wildman–Crippen MR) is 81.7 cm³/mol. The molecule has 8 nitrogen and oxygen atoms in total. The van der Waals surface area contributed by atoms with Gasteiger partial charge in [0.25, 0.3) is 0 Å². The Bertz CT molecular complexity index is 459. The van der Waals surface area contributed by atoms with Gasteiger partial charge in [0.05, 0.1) is 18.1 Å². The molecule has 0 radical (unpaired) electrons. The molecule has 1 N–H and O–H groups in total. The van der Waals surface area contributed by atoms with E-state index < -0.39 is 0 Å². The summed E-state index contributed by atoms with van der Waals surface area (Å²) in [6, 6.07) is 0. The molecule has 0 bridgehead atoms. The molecule has 0 atom stereocenters. The fraction of sp³-hybridized carbons (Fsp3) is 0.769. The van der Waals surface area contributed by atoms with E-state index in [0.29, 0.717) is 37.7 Å². The number of aromatic nitrogens is 2. The lowest BCUT2D eigenvalue weighted by Crippen LogP contribution is -2.20. The smallest absolute Gasteiger partial charge is 0.333 e. The van der Waals surface area contributed by atoms with Crippen molar-refractivity contribution in [1.82, 2.24) is 14.7 Å². The molecule has 0 aliphatic carbocycles. The standard InChI is InChI=1S/C13H25N5O3/c1-5-6-11-12(18(19)20)13(17(4)15-11)14-7-9-21-10-8-16(2)3/h14H,5-10H2,1-4H3. The van der Waals surface area contributed by atoms with Crippen molar-refractivity contribution in [2.45, 2.75) is 19.8 Å². The van der Waals surface area contributed by atoms with Crippen LogP contribution in [0, 0.1) is 10.1 Å². The number of aryl methyl sites for hydroxylation is 2. The van der Waals surface area contributed by atoms with Gasteiger partial charge in [0, 0.05) is 20.1 Å². The van der Waals surface area contributed by atoms with Crippen LogP contribution >= 0.6 is 0 Å². The predicted octanol–water partition coefficient (Wildman–Crippen LogP) is 1.27. The van der Waals surface area contributed by atoms with E-state index in [1.54, 1.807) is 7.05 Å². The first kappa shape index (κ1) is 17.4. The van der Waals surface area contributed by atoms with Crippen molar-refractivity contribution in [3.8, 4) is 0 Å². The van der Waals surface area contributed by atoms with Gasteiger partial charge >= 0.3 is 5.69 Å². The molecule has 0 saturated carbocycles. The van der Waals surface area contributed by atoms with Crippen molar-refractivity contribution < 1.29 is 9.66 Å². The van der Waals surface area contributed by atoms with E-state index in [1.165, 1.54) is 4.68 Å². The summed E-state index contributed by atoms with van der Waals surface area (Å²) >= 11 is 0. The van der Waals surface area contributed by atoms with E-state index in [4.69, 9.17) is 4.74 Å². The molecule has 0 amide bonds. The highest BCUT2D eigenvalue weighted by Gasteiger charge is 2.25. The molecule has 8 heteroatoms. The summed E-state index contributed by atoms with van der Waals surface area (Å²) in [5.74, 6) is 0.444. The maximum absolute atomic E-state index is 11.2. The van der Waals surface area contributed by atoms with Crippen molar-refractivity contribution in [3.05, 3.63) is 15.8 Å². The molecular formula is C13H25N5O3. The minimum absolute atomic E-state index is 0.0765. The van der Waals surface area contributed by atoms with E-state index in [2.05, 4.69) is 10.4 Å². The molecular weight excluding hydrogens is 274 g/mol. The quantitative estimate of drug-likeness (QED) is 0.398. The van der Waals surface area contributed by atoms with Gasteiger partial charge in [0.1, 0.15) is 5.69 Å². The van der Waals surface area contributed by atoms with Crippen LogP contribution in [0.1, 0.15) is 19.0 Å². The molecule has 0 fully saturated rings. The first-order valence-corrected chi connectivity index (χ1v) is 7.14. The summed E-state index contributed by atoms with van der Waals surface area (Å²) in [4.78, 5) is 12.9. The molecule has 0 aliphatic rings. The molecule has 1 aromatic rings. The average Bonchev–Trinajstić information content (AvgIpc) is 2.70. The zero-order chi connectivity index (χ0) is 15.8. The number of rotatable bonds is 10. The lowest BCUT2D eigenvalue weighted by molar-refractivity contribution is -0.384. The van der Waals surface area contributed by atoms with Crippen LogP contribution in [0.3, 0.4) is 0 Å². The van der Waals surface area contributed by atoms with E-state index >= 15 is 0 Å². The minimum Gasteiger partial charge on any atom is -0.378 e. The fourth-order valence-electron chi connectivity index (χ4n) is 1.95. The number of anilines is 1. The zero-order valence-electron chi connectivity index (χ0n) is 13.3. The number of hydrogen-bond acceptors (Lipinski definition) is 6. The van der Waals surface area contributed by atoms with Gasteiger partial charge < -0.3 is 15.0 Å². The monoisotopic (exact) mass is 299 g/mol. The lowest BCUT2D eigenvalue weighted by Gasteiger charge is -2.10. The molecule has 1 heterocycles. The summed E-state index contributed by atoms with van der Waals surface area (Å²) in [6.45, 7) is 4.48. The van der Waals surface area contributed by atoms with Crippen LogP contribution in [-0.2, 0) is 18.2 Å². The Hall–Kier alpha value is -1.67. The average molecular weight is 299 g/mol. The Morgan fingerprint density at radius 2 is 2.14 bits per heavy atom. The third-order valence-electron chi connectivity index (χ3n) is 2.98. The van der Waals surface area contributed by atoms with Crippen LogP contribution in [0.15, 0.2) is 0 Å². The number of nitro groups is 1. The Kier molecular flexibility index (Phi) is 7.10. The largest absolute Gasteiger partial charge is 0.378 e. The second-order valence-corrected chi connectivity index (χ2v) is 5.12. The molecule has 0 unspecified atom stereocenters. The highest BCUT2D eigenvalue weighted by atomic mass is 16.6. The Labute approximate surface area is 125 Å². The van der Waals surface area contributed by atoms with Crippen LogP contribution in [0.5, 0.6) is 0 Å². The van der Waals surface area contributed by atoms with E-state index in [9.17, 15) is 10.1 Å². The van der Waals surface area contributed by atoms with Crippen molar-refractivity contribution in [3.63, 3.8) is 0 Å². The summed E-state index contributed by atoms with van der Waals surface area (Å²) < 4.78 is 6.99. The van der Waals surface area contributed by atoms with E-state index in [1.807, 2.05) is 25.9 Å². The first-order chi connectivity index (χ1) is 9.97. The summed E-state index contributed by atoms with van der Waals surface area (Å²) in [5, 5.41) is 18.5. The lowest BCUT2D eigenvalue weighted by atomic mass is 10.2. The molecule has 1 rings (SSSR count). The molecule has 0 spiro atoms. The van der Waals surface area contributed by atoms with Crippen LogP contribution in [0.25, 0.3) is 0 Å². The van der Waals surface area contributed by atoms with Gasteiger partial charge in [0.2, 0.25) is 5.82 Å². The maximum atomic E-state index is 11.2. The van der Waals surface area contributed by atoms with Crippen LogP contribution in [0.2, 0.25) is 0 Å². The van der Waals surface area contributed by atoms with Gasteiger partial charge in [-0.3, -0.25) is 10.1 Å². The molecule has 1 aromatic heterocycles. The molecule has 120 valence electrons. The van der Waals surface area contributed by atoms with Crippen LogP contribution < -0.4 is 5.32 Å². The number of likely N-dealkylation sites (N-methyl/N-ethyl adjacent to an activating group) is 1. The summed E-state index contributed by atoms with van der Waals surface area (Å²) in [7, 11) is 5.67. The fourth-order valence-corrected chi connectivity index (χ4v) is 1.95. The molecule has 0 aliphatic heterocycles. The zero-order valence-corrected chi connectivity index (χ0v) is 13.3. The van der Waals surface area contributed by atoms with Gasteiger partial charge in [0.15, 0.2) is 0 Å². The van der Waals surface area contributed by atoms with Crippen molar-refractivity contribution >= 4 is 11.5 Å². The number of nitrogens with one attached hydrogen (secondary N) is 1. The Morgan fingerprint density at radius 3 is 2.71 bits per heavy atom. The van der Waals surface area contributed by atoms with Crippen LogP contribution in [0.4, 0.5) is 11.5 Å². The Balaban J connectivity index is 2.56. The van der Waals surface area contributed by atoms with Gasteiger partial charge in [-0.05, 0) is 20.5 Å². The van der Waals surface area contributed by atoms with Crippen LogP contribution in [-0.4, -0.2) is 60.0 Å². The number of nitrogens with zero attached hydrogens (tertiary/aromatic N) is 4. The molecule has 0 aromatic carbocycles. The SMILES string of the molecule is CCCc1nn(C)c(NCCOCCN(C)C)c1[N+](=O)[O-]. The molecule has 0 saturated heterocycles. The van der Waals surface area contributed by atoms with E-state index in [0.717, 1.165) is 13.0 Å². The first-order valence-electron chi connectivity index (χ1n) is 7.14. The highest BCUT2D eigenvalue weighted by molar-refractivity contribution is 5.59. The van der Waals surface area contributed by atoms with Gasteiger partial charge in [-0.1, -0.05) is 13.3 Å². The number of hydrogen-bond donors (Lipinski definition) is 1. The second-order valence-electron chi connectivity index (χ2n) is 5.12. The van der Waals surface area contributed by atoms with Crippen molar-refractivity contribution in [2.24, 2.45) is 7.05 Å². The maximum Gasteiger partial charge on any atom is 0.333 e. The van der Waals surface area contributed by atoms with Crippen molar-refractivity contribution in [1.29, 1.82) is 0 Å². The normalized spacial score (nSPS) is 11.1. The van der Waals surface area contributed by atoms with Gasteiger partial charge in [-0.25, -0.2) is 4.68 Å². The minimum atomic E-state index is -0.368. The second kappa shape index (κ2) is 8.58. The summed E-state index contributed by atoms with van der Waals surface area (Å²) in [5.41, 5.74) is 0.605. The summed E-state index contributed by atoms with van der Waals surface area (Å²) in [6.07, 6.45) is 1.43. The molecule has 21 heavy (non-hydrogen) atoms.